The second kappa shape index (κ2) is 3.05. The van der Waals surface area contributed by atoms with Gasteiger partial charge >= 0.3 is 6.55 Å². The van der Waals surface area contributed by atoms with Crippen LogP contribution in [0.2, 0.25) is 0 Å². The molecule has 1 aromatic heterocycles. The predicted molar refractivity (Wildman–Crippen MR) is 42.4 cm³/mol. The van der Waals surface area contributed by atoms with Gasteiger partial charge in [0, 0.05) is 5.92 Å². The van der Waals surface area contributed by atoms with Gasteiger partial charge in [-0.15, -0.1) is 10.2 Å². The largest absolute Gasteiger partial charge is 0.321 e. The van der Waals surface area contributed by atoms with Crippen molar-refractivity contribution in [2.75, 3.05) is 0 Å². The first kappa shape index (κ1) is 8.59. The van der Waals surface area contributed by atoms with Crippen LogP contribution in [0.3, 0.4) is 0 Å². The average molecular weight is 187 g/mol. The molecule has 0 unspecified atom stereocenters. The molecule has 0 saturated heterocycles. The third-order valence-corrected chi connectivity index (χ3v) is 2.55. The first-order valence-corrected chi connectivity index (χ1v) is 4.36. The Morgan fingerprint density at radius 1 is 1.54 bits per heavy atom. The van der Waals surface area contributed by atoms with Crippen LogP contribution in [0.1, 0.15) is 38.1 Å². The van der Waals surface area contributed by atoms with Crippen LogP contribution in [0.4, 0.5) is 8.78 Å². The van der Waals surface area contributed by atoms with Gasteiger partial charge in [-0.05, 0) is 18.8 Å². The molecule has 1 saturated carbocycles. The maximum Gasteiger partial charge on any atom is 0.321 e. The van der Waals surface area contributed by atoms with Gasteiger partial charge in [0.1, 0.15) is 12.2 Å². The molecule has 0 aliphatic heterocycles. The van der Waals surface area contributed by atoms with E-state index in [9.17, 15) is 8.78 Å². The minimum atomic E-state index is -2.51. The molecule has 0 radical (unpaired) electrons. The number of nitrogens with zero attached hydrogens (tertiary/aromatic N) is 3. The lowest BCUT2D eigenvalue weighted by molar-refractivity contribution is 0.0620. The minimum absolute atomic E-state index is 0.187. The van der Waals surface area contributed by atoms with Crippen molar-refractivity contribution in [3.8, 4) is 0 Å². The summed E-state index contributed by atoms with van der Waals surface area (Å²) in [6.45, 7) is -0.402. The van der Waals surface area contributed by atoms with E-state index in [0.717, 1.165) is 23.7 Å². The summed E-state index contributed by atoms with van der Waals surface area (Å²) in [5.74, 6) is 1.26. The van der Waals surface area contributed by atoms with Gasteiger partial charge in [0.15, 0.2) is 0 Å². The fourth-order valence-electron chi connectivity index (χ4n) is 1.81. The zero-order chi connectivity index (χ0) is 9.42. The summed E-state index contributed by atoms with van der Waals surface area (Å²) in [5.41, 5.74) is 0. The van der Waals surface area contributed by atoms with Gasteiger partial charge in [0.05, 0.1) is 0 Å². The second-order valence-corrected chi connectivity index (χ2v) is 3.65. The number of aromatic nitrogens is 3. The van der Waals surface area contributed by atoms with Crippen LogP contribution in [0.5, 0.6) is 0 Å². The molecule has 1 fully saturated rings. The first-order chi connectivity index (χ1) is 6.18. The molecule has 0 aromatic carbocycles. The van der Waals surface area contributed by atoms with Gasteiger partial charge < -0.3 is 0 Å². The molecule has 1 heterocycles. The average Bonchev–Trinajstić information content (AvgIpc) is 2.45. The monoisotopic (exact) mass is 187 g/mol. The molecular formula is C8H11F2N3. The zero-order valence-electron chi connectivity index (χ0n) is 7.32. The Kier molecular flexibility index (Phi) is 2.01. The summed E-state index contributed by atoms with van der Waals surface area (Å²) >= 11 is 0. The van der Waals surface area contributed by atoms with E-state index in [-0.39, 0.29) is 5.92 Å². The molecule has 0 bridgehead atoms. The van der Waals surface area contributed by atoms with E-state index in [1.807, 2.05) is 0 Å². The fourth-order valence-corrected chi connectivity index (χ4v) is 1.81. The van der Waals surface area contributed by atoms with Gasteiger partial charge in [0.2, 0.25) is 0 Å². The summed E-state index contributed by atoms with van der Waals surface area (Å²) in [6, 6.07) is 0. The lowest BCUT2D eigenvalue weighted by Crippen LogP contribution is -2.22. The summed E-state index contributed by atoms with van der Waals surface area (Å²) in [5, 5.41) is 7.23. The van der Waals surface area contributed by atoms with Crippen molar-refractivity contribution in [1.82, 2.24) is 14.8 Å². The van der Waals surface area contributed by atoms with Crippen molar-refractivity contribution in [2.45, 2.75) is 32.2 Å². The summed E-state index contributed by atoms with van der Waals surface area (Å²) in [6.07, 6.45) is 3.00. The van der Waals surface area contributed by atoms with Crippen LogP contribution < -0.4 is 0 Å². The van der Waals surface area contributed by atoms with Crippen molar-refractivity contribution in [2.24, 2.45) is 5.92 Å². The van der Waals surface area contributed by atoms with Crippen molar-refractivity contribution >= 4 is 0 Å². The van der Waals surface area contributed by atoms with Crippen LogP contribution in [-0.2, 0) is 0 Å². The van der Waals surface area contributed by atoms with Crippen LogP contribution in [0, 0.1) is 5.92 Å². The molecule has 0 amide bonds. The van der Waals surface area contributed by atoms with E-state index in [4.69, 9.17) is 0 Å². The molecule has 3 nitrogen and oxygen atoms in total. The number of alkyl halides is 2. The van der Waals surface area contributed by atoms with Gasteiger partial charge in [-0.25, -0.2) is 0 Å². The summed E-state index contributed by atoms with van der Waals surface area (Å²) < 4.78 is 25.6. The van der Waals surface area contributed by atoms with Crippen LogP contribution >= 0.6 is 0 Å². The number of rotatable bonds is 2. The van der Waals surface area contributed by atoms with E-state index in [2.05, 4.69) is 17.1 Å². The molecule has 1 aromatic rings. The molecule has 0 N–H and O–H groups in total. The summed E-state index contributed by atoms with van der Waals surface area (Å²) in [4.78, 5) is 0. The highest BCUT2D eigenvalue weighted by molar-refractivity contribution is 5.02. The number of hydrogen-bond acceptors (Lipinski definition) is 2. The third kappa shape index (κ3) is 1.43. The molecule has 1 aliphatic carbocycles. The van der Waals surface area contributed by atoms with Crippen molar-refractivity contribution < 1.29 is 8.78 Å². The molecule has 1 aliphatic rings. The quantitative estimate of drug-likeness (QED) is 0.710. The standard InChI is InChI=1S/C8H11F2N3/c1-5-2-6(3-5)7-12-11-4-13(7)8(9)10/h4-6,8H,2-3H2,1H3. The number of hydrogen-bond donors (Lipinski definition) is 0. The predicted octanol–water partition coefficient (Wildman–Crippen LogP) is 2.19. The minimum Gasteiger partial charge on any atom is -0.259 e. The molecule has 72 valence electrons. The van der Waals surface area contributed by atoms with Crippen molar-refractivity contribution in [1.29, 1.82) is 0 Å². The normalized spacial score (nSPS) is 27.7. The zero-order valence-corrected chi connectivity index (χ0v) is 7.32. The molecule has 13 heavy (non-hydrogen) atoms. The second-order valence-electron chi connectivity index (χ2n) is 3.65. The smallest absolute Gasteiger partial charge is 0.259 e. The van der Waals surface area contributed by atoms with Gasteiger partial charge in [-0.2, -0.15) is 8.78 Å². The Morgan fingerprint density at radius 2 is 2.23 bits per heavy atom. The Hall–Kier alpha value is -1.00. The molecule has 0 atom stereocenters. The molecule has 2 rings (SSSR count). The lowest BCUT2D eigenvalue weighted by Gasteiger charge is -2.31. The van der Waals surface area contributed by atoms with E-state index in [1.54, 1.807) is 0 Å². The Bertz CT molecular complexity index is 291. The van der Waals surface area contributed by atoms with Crippen LogP contribution in [0.15, 0.2) is 6.33 Å². The highest BCUT2D eigenvalue weighted by Gasteiger charge is 2.31. The van der Waals surface area contributed by atoms with Crippen molar-refractivity contribution in [3.63, 3.8) is 0 Å². The van der Waals surface area contributed by atoms with Gasteiger partial charge in [-0.3, -0.25) is 4.57 Å². The van der Waals surface area contributed by atoms with E-state index >= 15 is 0 Å². The molecular weight excluding hydrogens is 176 g/mol. The van der Waals surface area contributed by atoms with Crippen molar-refractivity contribution in [3.05, 3.63) is 12.2 Å². The Morgan fingerprint density at radius 3 is 2.77 bits per heavy atom. The Balaban J connectivity index is 2.16. The highest BCUT2D eigenvalue weighted by atomic mass is 19.3. The van der Waals surface area contributed by atoms with Gasteiger partial charge in [-0.1, -0.05) is 6.92 Å². The lowest BCUT2D eigenvalue weighted by atomic mass is 9.76. The van der Waals surface area contributed by atoms with E-state index in [0.29, 0.717) is 11.7 Å². The third-order valence-electron chi connectivity index (χ3n) is 2.55. The fraction of sp³-hybridized carbons (Fsp3) is 0.750. The molecule has 5 heteroatoms. The number of halogens is 2. The van der Waals surface area contributed by atoms with E-state index < -0.39 is 6.55 Å². The van der Waals surface area contributed by atoms with E-state index in [1.165, 1.54) is 0 Å². The Labute approximate surface area is 74.8 Å². The van der Waals surface area contributed by atoms with Gasteiger partial charge in [0.25, 0.3) is 0 Å². The maximum absolute atomic E-state index is 12.4. The van der Waals surface area contributed by atoms with Crippen LogP contribution in [-0.4, -0.2) is 14.8 Å². The highest BCUT2D eigenvalue weighted by Crippen LogP contribution is 2.40. The SMILES string of the molecule is CC1CC(c2nncn2C(F)F)C1. The van der Waals surface area contributed by atoms with Crippen LogP contribution in [0.25, 0.3) is 0 Å². The first-order valence-electron chi connectivity index (χ1n) is 4.36. The topological polar surface area (TPSA) is 30.7 Å². The molecule has 0 spiro atoms. The summed E-state index contributed by atoms with van der Waals surface area (Å²) in [7, 11) is 0. The maximum atomic E-state index is 12.4.